The first-order chi connectivity index (χ1) is 16.5. The number of rotatable bonds is 4. The number of thiocarbonyl (C=S) groups is 1. The van der Waals surface area contributed by atoms with Crippen LogP contribution in [-0.4, -0.2) is 16.0 Å². The third-order valence-electron chi connectivity index (χ3n) is 5.20. The van der Waals surface area contributed by atoms with Gasteiger partial charge in [0.2, 0.25) is 5.89 Å². The van der Waals surface area contributed by atoms with Gasteiger partial charge in [-0.25, -0.2) is 9.37 Å². The van der Waals surface area contributed by atoms with E-state index in [-0.39, 0.29) is 10.7 Å². The van der Waals surface area contributed by atoms with E-state index in [1.165, 1.54) is 18.2 Å². The number of benzene rings is 4. The maximum atomic E-state index is 13.3. The van der Waals surface area contributed by atoms with Crippen LogP contribution in [0.3, 0.4) is 0 Å². The minimum absolute atomic E-state index is 0.0915. The third-order valence-corrected chi connectivity index (χ3v) is 5.40. The lowest BCUT2D eigenvalue weighted by Crippen LogP contribution is -2.34. The average Bonchev–Trinajstić information content (AvgIpc) is 3.28. The molecule has 1 amide bonds. The highest BCUT2D eigenvalue weighted by molar-refractivity contribution is 7.80. The van der Waals surface area contributed by atoms with Gasteiger partial charge in [-0.1, -0.05) is 48.5 Å². The topological polar surface area (TPSA) is 67.2 Å². The van der Waals surface area contributed by atoms with E-state index in [0.717, 1.165) is 22.8 Å². The molecule has 5 nitrogen and oxygen atoms in total. The number of amides is 1. The zero-order chi connectivity index (χ0) is 23.5. The van der Waals surface area contributed by atoms with Gasteiger partial charge in [0, 0.05) is 16.8 Å². The minimum Gasteiger partial charge on any atom is -0.436 e. The van der Waals surface area contributed by atoms with Crippen molar-refractivity contribution in [2.45, 2.75) is 0 Å². The van der Waals surface area contributed by atoms with E-state index in [0.29, 0.717) is 22.7 Å². The number of carbonyl (C=O) groups excluding carboxylic acids is 1. The summed E-state index contributed by atoms with van der Waals surface area (Å²) in [5, 5.41) is 5.58. The third kappa shape index (κ3) is 4.69. The van der Waals surface area contributed by atoms with Gasteiger partial charge < -0.3 is 9.73 Å². The lowest BCUT2D eigenvalue weighted by molar-refractivity contribution is 0.0977. The van der Waals surface area contributed by atoms with Crippen molar-refractivity contribution in [1.82, 2.24) is 10.3 Å². The summed E-state index contributed by atoms with van der Waals surface area (Å²) >= 11 is 5.22. The van der Waals surface area contributed by atoms with Crippen molar-refractivity contribution in [3.05, 3.63) is 108 Å². The maximum absolute atomic E-state index is 13.3. The van der Waals surface area contributed by atoms with Crippen LogP contribution >= 0.6 is 12.2 Å². The summed E-state index contributed by atoms with van der Waals surface area (Å²) in [5.74, 6) is -0.483. The zero-order valence-corrected chi connectivity index (χ0v) is 18.6. The maximum Gasteiger partial charge on any atom is 0.257 e. The van der Waals surface area contributed by atoms with Crippen LogP contribution in [0, 0.1) is 5.82 Å². The highest BCUT2D eigenvalue weighted by atomic mass is 32.1. The van der Waals surface area contributed by atoms with Gasteiger partial charge in [0.05, 0.1) is 0 Å². The second-order valence-electron chi connectivity index (χ2n) is 7.56. The van der Waals surface area contributed by atoms with E-state index in [4.69, 9.17) is 16.6 Å². The highest BCUT2D eigenvalue weighted by Crippen LogP contribution is 2.28. The van der Waals surface area contributed by atoms with E-state index in [1.807, 2.05) is 42.5 Å². The Labute approximate surface area is 200 Å². The lowest BCUT2D eigenvalue weighted by atomic mass is 10.0. The number of carbonyl (C=O) groups is 1. The molecule has 0 aliphatic heterocycles. The number of hydrogen-bond acceptors (Lipinski definition) is 4. The number of anilines is 1. The van der Waals surface area contributed by atoms with Crippen LogP contribution in [0.5, 0.6) is 0 Å². The molecule has 1 heterocycles. The van der Waals surface area contributed by atoms with Gasteiger partial charge in [-0.2, -0.15) is 0 Å². The fraction of sp³-hybridized carbons (Fsp3) is 0. The zero-order valence-electron chi connectivity index (χ0n) is 17.8. The van der Waals surface area contributed by atoms with Crippen LogP contribution in [0.1, 0.15) is 10.4 Å². The number of halogens is 1. The molecule has 34 heavy (non-hydrogen) atoms. The van der Waals surface area contributed by atoms with Crippen LogP contribution in [-0.2, 0) is 0 Å². The molecule has 1 aromatic heterocycles. The molecule has 0 aliphatic carbocycles. The Morgan fingerprint density at radius 3 is 2.32 bits per heavy atom. The van der Waals surface area contributed by atoms with Crippen molar-refractivity contribution in [3.8, 4) is 22.6 Å². The SMILES string of the molecule is O=C(NC(=S)Nc1ccc2oc(-c3ccc(-c4ccccc4)cc3)nc2c1)c1cccc(F)c1. The largest absolute Gasteiger partial charge is 0.436 e. The second kappa shape index (κ2) is 9.25. The van der Waals surface area contributed by atoms with Crippen molar-refractivity contribution in [3.63, 3.8) is 0 Å². The number of aromatic nitrogens is 1. The number of oxazole rings is 1. The molecule has 7 heteroatoms. The number of nitrogens with one attached hydrogen (secondary N) is 2. The number of fused-ring (bicyclic) bond motifs is 1. The van der Waals surface area contributed by atoms with E-state index in [2.05, 4.69) is 27.8 Å². The molecule has 166 valence electrons. The second-order valence-corrected chi connectivity index (χ2v) is 7.97. The van der Waals surface area contributed by atoms with E-state index < -0.39 is 11.7 Å². The van der Waals surface area contributed by atoms with Gasteiger partial charge in [-0.05, 0) is 71.9 Å². The fourth-order valence-corrected chi connectivity index (χ4v) is 3.74. The molecule has 0 atom stereocenters. The summed E-state index contributed by atoms with van der Waals surface area (Å²) in [6.45, 7) is 0. The number of nitrogens with zero attached hydrogens (tertiary/aromatic N) is 1. The molecular formula is C27H18FN3O2S. The Morgan fingerprint density at radius 2 is 1.56 bits per heavy atom. The minimum atomic E-state index is -0.499. The first kappa shape index (κ1) is 21.5. The van der Waals surface area contributed by atoms with Crippen molar-refractivity contribution in [1.29, 1.82) is 0 Å². The summed E-state index contributed by atoms with van der Waals surface area (Å²) in [6.07, 6.45) is 0. The monoisotopic (exact) mass is 467 g/mol. The Bertz CT molecular complexity index is 1500. The van der Waals surface area contributed by atoms with Crippen LogP contribution in [0.15, 0.2) is 101 Å². The molecule has 0 saturated heterocycles. The van der Waals surface area contributed by atoms with Gasteiger partial charge in [0.15, 0.2) is 10.7 Å². The van der Waals surface area contributed by atoms with Gasteiger partial charge in [0.1, 0.15) is 11.3 Å². The Morgan fingerprint density at radius 1 is 0.824 bits per heavy atom. The van der Waals surface area contributed by atoms with Gasteiger partial charge in [0.25, 0.3) is 5.91 Å². The molecule has 4 aromatic carbocycles. The van der Waals surface area contributed by atoms with Crippen molar-refractivity contribution in [2.24, 2.45) is 0 Å². The predicted molar refractivity (Wildman–Crippen MR) is 135 cm³/mol. The van der Waals surface area contributed by atoms with Crippen LogP contribution < -0.4 is 10.6 Å². The standard InChI is InChI=1S/C27H18FN3O2S/c28-21-8-4-7-20(15-21)25(32)31-27(34)29-22-13-14-24-23(16-22)30-26(33-24)19-11-9-18(10-12-19)17-5-2-1-3-6-17/h1-16H,(H2,29,31,32,34). The van der Waals surface area contributed by atoms with E-state index in [9.17, 15) is 9.18 Å². The smallest absolute Gasteiger partial charge is 0.257 e. The Kier molecular flexibility index (Phi) is 5.84. The van der Waals surface area contributed by atoms with E-state index in [1.54, 1.807) is 18.2 Å². The molecule has 0 spiro atoms. The van der Waals surface area contributed by atoms with Crippen LogP contribution in [0.25, 0.3) is 33.7 Å². The van der Waals surface area contributed by atoms with Crippen molar-refractivity contribution < 1.29 is 13.6 Å². The number of hydrogen-bond donors (Lipinski definition) is 2. The van der Waals surface area contributed by atoms with Crippen molar-refractivity contribution >= 4 is 40.0 Å². The summed E-state index contributed by atoms with van der Waals surface area (Å²) < 4.78 is 19.3. The molecule has 5 aromatic rings. The average molecular weight is 468 g/mol. The fourth-order valence-electron chi connectivity index (χ4n) is 3.53. The van der Waals surface area contributed by atoms with Gasteiger partial charge in [-0.3, -0.25) is 10.1 Å². The predicted octanol–water partition coefficient (Wildman–Crippen LogP) is 6.43. The first-order valence-electron chi connectivity index (χ1n) is 10.5. The quantitative estimate of drug-likeness (QED) is 0.298. The highest BCUT2D eigenvalue weighted by Gasteiger charge is 2.12. The normalized spacial score (nSPS) is 10.7. The Hall–Kier alpha value is -4.36. The lowest BCUT2D eigenvalue weighted by Gasteiger charge is -2.09. The summed E-state index contributed by atoms with van der Waals surface area (Å²) in [6, 6.07) is 28.9. The molecule has 0 unspecified atom stereocenters. The molecule has 5 rings (SSSR count). The van der Waals surface area contributed by atoms with Crippen molar-refractivity contribution in [2.75, 3.05) is 5.32 Å². The summed E-state index contributed by atoms with van der Waals surface area (Å²) in [4.78, 5) is 16.8. The molecule has 0 fully saturated rings. The first-order valence-corrected chi connectivity index (χ1v) is 10.9. The molecule has 0 saturated carbocycles. The molecule has 2 N–H and O–H groups in total. The van der Waals surface area contributed by atoms with Crippen LogP contribution in [0.4, 0.5) is 10.1 Å². The van der Waals surface area contributed by atoms with E-state index >= 15 is 0 Å². The van der Waals surface area contributed by atoms with Crippen LogP contribution in [0.2, 0.25) is 0 Å². The summed E-state index contributed by atoms with van der Waals surface area (Å²) in [5.41, 5.74) is 5.20. The van der Waals surface area contributed by atoms with Gasteiger partial charge in [-0.15, -0.1) is 0 Å². The van der Waals surface area contributed by atoms with Gasteiger partial charge >= 0.3 is 0 Å². The molecule has 0 radical (unpaired) electrons. The summed E-state index contributed by atoms with van der Waals surface area (Å²) in [7, 11) is 0. The molecular weight excluding hydrogens is 449 g/mol. The molecule has 0 bridgehead atoms. The Balaban J connectivity index is 1.30. The molecule has 0 aliphatic rings.